The molecule has 0 saturated carbocycles. The number of hydrogen-bond donors (Lipinski definition) is 3. The molecule has 0 aliphatic carbocycles. The van der Waals surface area contributed by atoms with Crippen molar-refractivity contribution in [1.82, 2.24) is 5.32 Å². The number of hydrogen-bond acceptors (Lipinski definition) is 3. The Morgan fingerprint density at radius 2 is 2.21 bits per heavy atom. The molecular formula is C11H15NO2. The van der Waals surface area contributed by atoms with E-state index in [2.05, 4.69) is 5.32 Å². The van der Waals surface area contributed by atoms with E-state index in [1.165, 1.54) is 0 Å². The number of benzene rings is 1. The van der Waals surface area contributed by atoms with Crippen molar-refractivity contribution in [2.75, 3.05) is 13.1 Å². The monoisotopic (exact) mass is 193 g/mol. The van der Waals surface area contributed by atoms with Gasteiger partial charge < -0.3 is 15.5 Å². The van der Waals surface area contributed by atoms with Gasteiger partial charge in [0.15, 0.2) is 0 Å². The first kappa shape index (κ1) is 9.49. The molecule has 1 fully saturated rings. The number of aromatic hydroxyl groups is 1. The van der Waals surface area contributed by atoms with Gasteiger partial charge in [-0.15, -0.1) is 0 Å². The van der Waals surface area contributed by atoms with Crippen LogP contribution < -0.4 is 5.32 Å². The molecular weight excluding hydrogens is 178 g/mol. The van der Waals surface area contributed by atoms with E-state index in [0.717, 1.165) is 24.9 Å². The van der Waals surface area contributed by atoms with Crippen molar-refractivity contribution in [3.8, 4) is 5.75 Å². The van der Waals surface area contributed by atoms with Crippen LogP contribution in [0.1, 0.15) is 18.4 Å². The minimum Gasteiger partial charge on any atom is -0.508 e. The van der Waals surface area contributed by atoms with Crippen LogP contribution in [-0.2, 0) is 5.60 Å². The zero-order valence-electron chi connectivity index (χ0n) is 8.03. The van der Waals surface area contributed by atoms with Gasteiger partial charge in [0.05, 0.1) is 0 Å². The van der Waals surface area contributed by atoms with Crippen LogP contribution in [0, 0.1) is 0 Å². The Morgan fingerprint density at radius 1 is 1.36 bits per heavy atom. The average Bonchev–Trinajstić information content (AvgIpc) is 2.19. The number of phenols is 1. The van der Waals surface area contributed by atoms with Gasteiger partial charge in [-0.25, -0.2) is 0 Å². The predicted octanol–water partition coefficient (Wildman–Crippen LogP) is 0.963. The number of rotatable bonds is 1. The number of β-amino-alcohol motifs (C(OH)–C–C–N with tert-alkyl or cyclic N) is 1. The Hall–Kier alpha value is -1.06. The highest BCUT2D eigenvalue weighted by atomic mass is 16.3. The molecule has 1 heterocycles. The highest BCUT2D eigenvalue weighted by Gasteiger charge is 2.31. The summed E-state index contributed by atoms with van der Waals surface area (Å²) in [5.74, 6) is 0.210. The zero-order chi connectivity index (χ0) is 10.0. The van der Waals surface area contributed by atoms with Crippen LogP contribution in [0.5, 0.6) is 5.75 Å². The van der Waals surface area contributed by atoms with E-state index in [1.807, 2.05) is 6.07 Å². The van der Waals surface area contributed by atoms with Crippen LogP contribution in [0.3, 0.4) is 0 Å². The summed E-state index contributed by atoms with van der Waals surface area (Å²) in [6.45, 7) is 1.53. The van der Waals surface area contributed by atoms with Crippen molar-refractivity contribution < 1.29 is 10.2 Å². The number of aliphatic hydroxyl groups is 1. The van der Waals surface area contributed by atoms with Crippen LogP contribution in [0.15, 0.2) is 24.3 Å². The minimum absolute atomic E-state index is 0.210. The Labute approximate surface area is 83.4 Å². The quantitative estimate of drug-likeness (QED) is 0.622. The van der Waals surface area contributed by atoms with Gasteiger partial charge in [0.1, 0.15) is 11.4 Å². The smallest absolute Gasteiger partial charge is 0.115 e. The molecule has 1 aromatic carbocycles. The molecule has 3 N–H and O–H groups in total. The molecule has 1 unspecified atom stereocenters. The summed E-state index contributed by atoms with van der Waals surface area (Å²) in [5, 5.41) is 22.8. The average molecular weight is 193 g/mol. The van der Waals surface area contributed by atoms with Crippen molar-refractivity contribution in [2.24, 2.45) is 0 Å². The summed E-state index contributed by atoms with van der Waals surface area (Å²) in [6.07, 6.45) is 1.72. The summed E-state index contributed by atoms with van der Waals surface area (Å²) >= 11 is 0. The molecule has 0 amide bonds. The van der Waals surface area contributed by atoms with Crippen LogP contribution in [0.2, 0.25) is 0 Å². The van der Waals surface area contributed by atoms with Gasteiger partial charge in [-0.1, -0.05) is 12.1 Å². The van der Waals surface area contributed by atoms with Gasteiger partial charge in [-0.05, 0) is 37.1 Å². The molecule has 0 aromatic heterocycles. The van der Waals surface area contributed by atoms with Crippen LogP contribution in [-0.4, -0.2) is 23.3 Å². The van der Waals surface area contributed by atoms with E-state index in [4.69, 9.17) is 0 Å². The molecule has 1 aromatic rings. The van der Waals surface area contributed by atoms with Crippen molar-refractivity contribution in [2.45, 2.75) is 18.4 Å². The molecule has 2 rings (SSSR count). The second-order valence-electron chi connectivity index (χ2n) is 3.86. The van der Waals surface area contributed by atoms with E-state index in [-0.39, 0.29) is 5.75 Å². The fourth-order valence-electron chi connectivity index (χ4n) is 1.93. The van der Waals surface area contributed by atoms with Gasteiger partial charge >= 0.3 is 0 Å². The lowest BCUT2D eigenvalue weighted by Crippen LogP contribution is -2.43. The first-order valence-corrected chi connectivity index (χ1v) is 4.93. The Balaban J connectivity index is 2.28. The second kappa shape index (κ2) is 3.59. The Bertz CT molecular complexity index is 319. The fourth-order valence-corrected chi connectivity index (χ4v) is 1.93. The second-order valence-corrected chi connectivity index (χ2v) is 3.86. The molecule has 1 atom stereocenters. The van der Waals surface area contributed by atoms with Gasteiger partial charge in [0.2, 0.25) is 0 Å². The minimum atomic E-state index is -0.809. The highest BCUT2D eigenvalue weighted by molar-refractivity contribution is 5.31. The van der Waals surface area contributed by atoms with E-state index >= 15 is 0 Å². The Kier molecular flexibility index (Phi) is 2.44. The summed E-state index contributed by atoms with van der Waals surface area (Å²) in [4.78, 5) is 0. The SMILES string of the molecule is Oc1cccc(C2(O)CCCNC2)c1. The molecule has 0 bridgehead atoms. The summed E-state index contributed by atoms with van der Waals surface area (Å²) in [7, 11) is 0. The molecule has 3 heteroatoms. The highest BCUT2D eigenvalue weighted by Crippen LogP contribution is 2.29. The number of phenolic OH excluding ortho intramolecular Hbond substituents is 1. The number of nitrogens with one attached hydrogen (secondary N) is 1. The van der Waals surface area contributed by atoms with E-state index in [0.29, 0.717) is 6.54 Å². The summed E-state index contributed by atoms with van der Waals surface area (Å²) < 4.78 is 0. The topological polar surface area (TPSA) is 52.5 Å². The normalized spacial score (nSPS) is 27.5. The van der Waals surface area contributed by atoms with Crippen molar-refractivity contribution >= 4 is 0 Å². The molecule has 76 valence electrons. The first-order chi connectivity index (χ1) is 6.71. The molecule has 14 heavy (non-hydrogen) atoms. The Morgan fingerprint density at radius 3 is 2.86 bits per heavy atom. The lowest BCUT2D eigenvalue weighted by atomic mass is 9.87. The van der Waals surface area contributed by atoms with Gasteiger partial charge in [-0.2, -0.15) is 0 Å². The molecule has 1 aliphatic heterocycles. The fraction of sp³-hybridized carbons (Fsp3) is 0.455. The van der Waals surface area contributed by atoms with Gasteiger partial charge in [0.25, 0.3) is 0 Å². The lowest BCUT2D eigenvalue weighted by Gasteiger charge is -2.33. The maximum atomic E-state index is 10.3. The van der Waals surface area contributed by atoms with Gasteiger partial charge in [-0.3, -0.25) is 0 Å². The first-order valence-electron chi connectivity index (χ1n) is 4.93. The third-order valence-electron chi connectivity index (χ3n) is 2.74. The third kappa shape index (κ3) is 1.74. The van der Waals surface area contributed by atoms with Crippen LogP contribution in [0.4, 0.5) is 0 Å². The molecule has 0 radical (unpaired) electrons. The van der Waals surface area contributed by atoms with Crippen LogP contribution in [0.25, 0.3) is 0 Å². The van der Waals surface area contributed by atoms with Crippen molar-refractivity contribution in [3.63, 3.8) is 0 Å². The summed E-state index contributed by atoms with van der Waals surface area (Å²) in [6, 6.07) is 6.86. The molecule has 1 saturated heterocycles. The molecule has 1 aliphatic rings. The third-order valence-corrected chi connectivity index (χ3v) is 2.74. The summed E-state index contributed by atoms with van der Waals surface area (Å²) in [5.41, 5.74) is -0.0125. The van der Waals surface area contributed by atoms with E-state index in [9.17, 15) is 10.2 Å². The zero-order valence-corrected chi connectivity index (χ0v) is 8.03. The largest absolute Gasteiger partial charge is 0.508 e. The molecule has 3 nitrogen and oxygen atoms in total. The van der Waals surface area contributed by atoms with Crippen molar-refractivity contribution in [3.05, 3.63) is 29.8 Å². The van der Waals surface area contributed by atoms with Crippen LogP contribution >= 0.6 is 0 Å². The van der Waals surface area contributed by atoms with E-state index in [1.54, 1.807) is 18.2 Å². The maximum absolute atomic E-state index is 10.3. The lowest BCUT2D eigenvalue weighted by molar-refractivity contribution is 0.0121. The van der Waals surface area contributed by atoms with Crippen molar-refractivity contribution in [1.29, 1.82) is 0 Å². The standard InChI is InChI=1S/C11H15NO2/c13-10-4-1-3-9(7-10)11(14)5-2-6-12-8-11/h1,3-4,7,12-14H,2,5-6,8H2. The van der Waals surface area contributed by atoms with Gasteiger partial charge in [0, 0.05) is 6.54 Å². The number of piperidine rings is 1. The maximum Gasteiger partial charge on any atom is 0.115 e. The molecule has 0 spiro atoms. The van der Waals surface area contributed by atoms with E-state index < -0.39 is 5.60 Å². The predicted molar refractivity (Wildman–Crippen MR) is 54.1 cm³/mol.